The van der Waals surface area contributed by atoms with Gasteiger partial charge in [-0.25, -0.2) is 20.5 Å². The summed E-state index contributed by atoms with van der Waals surface area (Å²) >= 11 is 0. The molecule has 0 atom stereocenters. The van der Waals surface area contributed by atoms with E-state index in [1.54, 1.807) is 16.9 Å². The largest absolute Gasteiger partial charge is 0.308 e. The molecule has 0 aliphatic carbocycles. The highest BCUT2D eigenvalue weighted by Crippen LogP contribution is 2.19. The van der Waals surface area contributed by atoms with Crippen LogP contribution >= 0.6 is 0 Å². The molecule has 3 N–H and O–H groups in total. The Morgan fingerprint density at radius 2 is 1.95 bits per heavy atom. The average Bonchev–Trinajstić information content (AvgIpc) is 2.94. The monoisotopic (exact) mass is 266 g/mol. The maximum atomic E-state index is 5.48. The molecule has 0 amide bonds. The fourth-order valence-corrected chi connectivity index (χ4v) is 1.88. The van der Waals surface area contributed by atoms with Crippen LogP contribution in [0.2, 0.25) is 0 Å². The molecule has 0 saturated carbocycles. The van der Waals surface area contributed by atoms with Crippen molar-refractivity contribution in [3.8, 4) is 17.2 Å². The number of aryl methyl sites for hydroxylation is 1. The molecule has 0 spiro atoms. The summed E-state index contributed by atoms with van der Waals surface area (Å²) in [6, 6.07) is 11.5. The van der Waals surface area contributed by atoms with E-state index >= 15 is 0 Å². The zero-order valence-electron chi connectivity index (χ0n) is 11.0. The molecule has 3 aromatic rings. The predicted octanol–water partition coefficient (Wildman–Crippen LogP) is 1.92. The van der Waals surface area contributed by atoms with Crippen LogP contribution in [-0.2, 0) is 0 Å². The van der Waals surface area contributed by atoms with Crippen LogP contribution in [0.4, 0.5) is 5.82 Å². The lowest BCUT2D eigenvalue weighted by Gasteiger charge is -2.07. The number of nitrogens with two attached hydrogens (primary N) is 1. The van der Waals surface area contributed by atoms with Crippen molar-refractivity contribution in [3.05, 3.63) is 54.4 Å². The number of rotatable bonds is 3. The number of nitrogen functional groups attached to an aromatic ring is 1. The summed E-state index contributed by atoms with van der Waals surface area (Å²) < 4.78 is 1.70. The number of hydrogen-bond acceptors (Lipinski definition) is 5. The minimum Gasteiger partial charge on any atom is -0.308 e. The van der Waals surface area contributed by atoms with Gasteiger partial charge in [0, 0.05) is 17.8 Å². The van der Waals surface area contributed by atoms with E-state index in [9.17, 15) is 0 Å². The second-order valence-electron chi connectivity index (χ2n) is 4.41. The van der Waals surface area contributed by atoms with Crippen LogP contribution < -0.4 is 11.3 Å². The van der Waals surface area contributed by atoms with Gasteiger partial charge >= 0.3 is 0 Å². The maximum absolute atomic E-state index is 5.48. The van der Waals surface area contributed by atoms with E-state index < -0.39 is 0 Å². The minimum atomic E-state index is 0.544. The first-order valence-corrected chi connectivity index (χ1v) is 6.19. The molecule has 0 radical (unpaired) electrons. The number of benzene rings is 1. The molecule has 3 rings (SSSR count). The molecule has 0 bridgehead atoms. The van der Waals surface area contributed by atoms with Crippen molar-refractivity contribution in [2.45, 2.75) is 6.92 Å². The highest BCUT2D eigenvalue weighted by atomic mass is 15.3. The zero-order valence-corrected chi connectivity index (χ0v) is 11.0. The fraction of sp³-hybridized carbons (Fsp3) is 0.0714. The summed E-state index contributed by atoms with van der Waals surface area (Å²) in [6.45, 7) is 1.98. The van der Waals surface area contributed by atoms with Crippen LogP contribution in [0.15, 0.2) is 48.8 Å². The fourth-order valence-electron chi connectivity index (χ4n) is 1.88. The van der Waals surface area contributed by atoms with Crippen LogP contribution in [0, 0.1) is 6.92 Å². The summed E-state index contributed by atoms with van der Waals surface area (Å²) in [7, 11) is 0. The van der Waals surface area contributed by atoms with Gasteiger partial charge in [-0.05, 0) is 12.5 Å². The molecule has 0 fully saturated rings. The van der Waals surface area contributed by atoms with E-state index in [-0.39, 0.29) is 0 Å². The normalized spacial score (nSPS) is 10.5. The predicted molar refractivity (Wildman–Crippen MR) is 77.1 cm³/mol. The van der Waals surface area contributed by atoms with Crippen LogP contribution in [-0.4, -0.2) is 19.7 Å². The Morgan fingerprint density at radius 3 is 2.60 bits per heavy atom. The third-order valence-corrected chi connectivity index (χ3v) is 2.84. The maximum Gasteiger partial charge on any atom is 0.164 e. The first-order valence-electron chi connectivity index (χ1n) is 6.19. The Hall–Kier alpha value is -2.73. The molecule has 2 heterocycles. The third-order valence-electron chi connectivity index (χ3n) is 2.84. The third kappa shape index (κ3) is 2.36. The first-order chi connectivity index (χ1) is 9.76. The molecule has 6 heteroatoms. The lowest BCUT2D eigenvalue weighted by Crippen LogP contribution is -2.11. The second kappa shape index (κ2) is 5.10. The van der Waals surface area contributed by atoms with Crippen molar-refractivity contribution in [1.82, 2.24) is 19.7 Å². The number of hydrogen-bond donors (Lipinski definition) is 2. The van der Waals surface area contributed by atoms with E-state index in [2.05, 4.69) is 20.5 Å². The summed E-state index contributed by atoms with van der Waals surface area (Å²) in [6.07, 6.45) is 3.68. The minimum absolute atomic E-state index is 0.544. The second-order valence-corrected chi connectivity index (χ2v) is 4.41. The van der Waals surface area contributed by atoms with Gasteiger partial charge in [-0.2, -0.15) is 5.10 Å². The topological polar surface area (TPSA) is 81.7 Å². The SMILES string of the molecule is Cc1cnn(-c2cc(NN)nc(-c3ccccc3)n2)c1. The molecule has 1 aromatic carbocycles. The van der Waals surface area contributed by atoms with E-state index in [1.165, 1.54) is 0 Å². The van der Waals surface area contributed by atoms with E-state index in [4.69, 9.17) is 5.84 Å². The van der Waals surface area contributed by atoms with Crippen molar-refractivity contribution < 1.29 is 0 Å². The summed E-state index contributed by atoms with van der Waals surface area (Å²) in [4.78, 5) is 8.90. The molecule has 0 aliphatic rings. The van der Waals surface area contributed by atoms with Gasteiger partial charge < -0.3 is 5.43 Å². The lowest BCUT2D eigenvalue weighted by molar-refractivity contribution is 0.841. The number of anilines is 1. The van der Waals surface area contributed by atoms with Crippen LogP contribution in [0.3, 0.4) is 0 Å². The van der Waals surface area contributed by atoms with E-state index in [0.717, 1.165) is 11.1 Å². The van der Waals surface area contributed by atoms with Gasteiger partial charge in [0.2, 0.25) is 0 Å². The van der Waals surface area contributed by atoms with E-state index in [0.29, 0.717) is 17.5 Å². The molecule has 100 valence electrons. The van der Waals surface area contributed by atoms with Crippen molar-refractivity contribution in [3.63, 3.8) is 0 Å². The summed E-state index contributed by atoms with van der Waals surface area (Å²) in [5, 5.41) is 4.25. The Balaban J connectivity index is 2.12. The van der Waals surface area contributed by atoms with Gasteiger partial charge in [-0.1, -0.05) is 30.3 Å². The molecule has 6 nitrogen and oxygen atoms in total. The number of hydrazine groups is 1. The lowest BCUT2D eigenvalue weighted by atomic mass is 10.2. The van der Waals surface area contributed by atoms with Gasteiger partial charge in [0.25, 0.3) is 0 Å². The molecule has 2 aromatic heterocycles. The van der Waals surface area contributed by atoms with Gasteiger partial charge in [-0.15, -0.1) is 0 Å². The summed E-state index contributed by atoms with van der Waals surface area (Å²) in [5.74, 6) is 7.29. The first kappa shape index (κ1) is 12.3. The van der Waals surface area contributed by atoms with Crippen molar-refractivity contribution in [1.29, 1.82) is 0 Å². The Labute approximate surface area is 116 Å². The number of aromatic nitrogens is 4. The van der Waals surface area contributed by atoms with E-state index in [1.807, 2.05) is 43.5 Å². The molecular weight excluding hydrogens is 252 g/mol. The average molecular weight is 266 g/mol. The van der Waals surface area contributed by atoms with Gasteiger partial charge in [0.15, 0.2) is 11.6 Å². The Kier molecular flexibility index (Phi) is 3.14. The zero-order chi connectivity index (χ0) is 13.9. The van der Waals surface area contributed by atoms with Crippen molar-refractivity contribution in [2.75, 3.05) is 5.43 Å². The molecule has 20 heavy (non-hydrogen) atoms. The smallest absolute Gasteiger partial charge is 0.164 e. The number of nitrogens with one attached hydrogen (secondary N) is 1. The summed E-state index contributed by atoms with van der Waals surface area (Å²) in [5.41, 5.74) is 4.55. The quantitative estimate of drug-likeness (QED) is 0.559. The standard InChI is InChI=1S/C14H14N6/c1-10-8-16-20(9-10)13-7-12(19-15)17-14(18-13)11-5-3-2-4-6-11/h2-9H,15H2,1H3,(H,17,18,19). The Bertz CT molecular complexity index is 720. The van der Waals surface area contributed by atoms with Crippen LogP contribution in [0.1, 0.15) is 5.56 Å². The van der Waals surface area contributed by atoms with Crippen LogP contribution in [0.25, 0.3) is 17.2 Å². The molecular formula is C14H14N6. The highest BCUT2D eigenvalue weighted by Gasteiger charge is 2.08. The molecule has 0 saturated heterocycles. The van der Waals surface area contributed by atoms with Crippen LogP contribution in [0.5, 0.6) is 0 Å². The molecule has 0 unspecified atom stereocenters. The van der Waals surface area contributed by atoms with Gasteiger partial charge in [-0.3, -0.25) is 0 Å². The van der Waals surface area contributed by atoms with Crippen molar-refractivity contribution >= 4 is 5.82 Å². The molecule has 0 aliphatic heterocycles. The van der Waals surface area contributed by atoms with Crippen molar-refractivity contribution in [2.24, 2.45) is 5.84 Å². The van der Waals surface area contributed by atoms with Gasteiger partial charge in [0.05, 0.1) is 6.20 Å². The highest BCUT2D eigenvalue weighted by molar-refractivity contribution is 5.58. The Morgan fingerprint density at radius 1 is 1.15 bits per heavy atom. The van der Waals surface area contributed by atoms with Gasteiger partial charge in [0.1, 0.15) is 5.82 Å². The number of nitrogens with zero attached hydrogens (tertiary/aromatic N) is 4.